The molecule has 0 unspecified atom stereocenters. The second-order valence-corrected chi connectivity index (χ2v) is 5.01. The van der Waals surface area contributed by atoms with Crippen molar-refractivity contribution in [2.75, 3.05) is 0 Å². The van der Waals surface area contributed by atoms with E-state index in [1.54, 1.807) is 6.33 Å². The summed E-state index contributed by atoms with van der Waals surface area (Å²) in [7, 11) is 0. The number of nitrogens with zero attached hydrogens (tertiary/aromatic N) is 2. The molecule has 3 nitrogen and oxygen atoms in total. The zero-order valence-corrected chi connectivity index (χ0v) is 11.8. The van der Waals surface area contributed by atoms with Crippen LogP contribution in [0.5, 0.6) is 0 Å². The zero-order chi connectivity index (χ0) is 14.7. The van der Waals surface area contributed by atoms with Crippen LogP contribution < -0.4 is 0 Å². The van der Waals surface area contributed by atoms with Gasteiger partial charge in [-0.1, -0.05) is 48.0 Å². The lowest BCUT2D eigenvalue weighted by molar-refractivity contribution is 0.282. The maximum atomic E-state index is 9.09. The lowest BCUT2D eigenvalue weighted by Crippen LogP contribution is -1.90. The van der Waals surface area contributed by atoms with Crippen LogP contribution in [0.1, 0.15) is 11.1 Å². The summed E-state index contributed by atoms with van der Waals surface area (Å²) < 4.78 is 0. The van der Waals surface area contributed by atoms with E-state index in [0.717, 1.165) is 28.1 Å². The lowest BCUT2D eigenvalue weighted by atomic mass is 10.1. The van der Waals surface area contributed by atoms with Crippen molar-refractivity contribution in [1.82, 2.24) is 9.97 Å². The molecule has 0 saturated carbocycles. The minimum atomic E-state index is 0.0542. The zero-order valence-electron chi connectivity index (χ0n) is 11.8. The van der Waals surface area contributed by atoms with Crippen molar-refractivity contribution in [2.24, 2.45) is 0 Å². The number of rotatable bonds is 3. The normalized spacial score (nSPS) is 10.6. The van der Waals surface area contributed by atoms with E-state index in [-0.39, 0.29) is 6.61 Å². The van der Waals surface area contributed by atoms with E-state index < -0.39 is 0 Å². The summed E-state index contributed by atoms with van der Waals surface area (Å²) in [6.45, 7) is 2.12. The standard InChI is InChI=1S/C18H16N2O/c1-13-3-2-4-16(9-13)18-10-17(19-12-20-18)15-7-5-14(11-21)6-8-15/h2-10,12,21H,11H2,1H3. The molecule has 0 aliphatic heterocycles. The number of aliphatic hydroxyl groups excluding tert-OH is 1. The van der Waals surface area contributed by atoms with Gasteiger partial charge in [0, 0.05) is 11.1 Å². The minimum absolute atomic E-state index is 0.0542. The molecular formula is C18H16N2O. The molecular weight excluding hydrogens is 260 g/mol. The molecule has 0 radical (unpaired) electrons. The van der Waals surface area contributed by atoms with Gasteiger partial charge in [-0.15, -0.1) is 0 Å². The van der Waals surface area contributed by atoms with Crippen LogP contribution in [0.3, 0.4) is 0 Å². The van der Waals surface area contributed by atoms with Crippen LogP contribution in [-0.2, 0) is 6.61 Å². The van der Waals surface area contributed by atoms with E-state index in [9.17, 15) is 0 Å². The summed E-state index contributed by atoms with van der Waals surface area (Å²) in [6.07, 6.45) is 1.59. The van der Waals surface area contributed by atoms with Gasteiger partial charge < -0.3 is 5.11 Å². The Morgan fingerprint density at radius 3 is 2.24 bits per heavy atom. The molecule has 3 aromatic rings. The van der Waals surface area contributed by atoms with Crippen LogP contribution >= 0.6 is 0 Å². The summed E-state index contributed by atoms with van der Waals surface area (Å²) in [5.41, 5.74) is 6.00. The Balaban J connectivity index is 1.99. The molecule has 0 spiro atoms. The highest BCUT2D eigenvalue weighted by atomic mass is 16.3. The van der Waals surface area contributed by atoms with Crippen LogP contribution in [0, 0.1) is 6.92 Å². The third kappa shape index (κ3) is 2.98. The minimum Gasteiger partial charge on any atom is -0.392 e. The van der Waals surface area contributed by atoms with Gasteiger partial charge in [0.25, 0.3) is 0 Å². The van der Waals surface area contributed by atoms with Crippen molar-refractivity contribution < 1.29 is 5.11 Å². The average molecular weight is 276 g/mol. The summed E-state index contributed by atoms with van der Waals surface area (Å²) in [4.78, 5) is 8.70. The second kappa shape index (κ2) is 5.85. The summed E-state index contributed by atoms with van der Waals surface area (Å²) >= 11 is 0. The van der Waals surface area contributed by atoms with Crippen molar-refractivity contribution in [3.05, 3.63) is 72.1 Å². The van der Waals surface area contributed by atoms with Crippen molar-refractivity contribution in [2.45, 2.75) is 13.5 Å². The topological polar surface area (TPSA) is 46.0 Å². The number of hydrogen-bond donors (Lipinski definition) is 1. The molecule has 0 amide bonds. The Labute approximate surface area is 124 Å². The third-order valence-electron chi connectivity index (χ3n) is 3.41. The molecule has 0 atom stereocenters. The number of aryl methyl sites for hydroxylation is 1. The van der Waals surface area contributed by atoms with Crippen LogP contribution in [-0.4, -0.2) is 15.1 Å². The van der Waals surface area contributed by atoms with E-state index in [4.69, 9.17) is 5.11 Å². The van der Waals surface area contributed by atoms with E-state index >= 15 is 0 Å². The van der Waals surface area contributed by atoms with E-state index in [1.165, 1.54) is 5.56 Å². The van der Waals surface area contributed by atoms with Gasteiger partial charge in [0.2, 0.25) is 0 Å². The Hall–Kier alpha value is -2.52. The highest BCUT2D eigenvalue weighted by Crippen LogP contribution is 2.23. The smallest absolute Gasteiger partial charge is 0.116 e. The molecule has 0 aliphatic carbocycles. The molecule has 1 heterocycles. The number of aromatic nitrogens is 2. The molecule has 0 fully saturated rings. The Morgan fingerprint density at radius 1 is 0.857 bits per heavy atom. The lowest BCUT2D eigenvalue weighted by Gasteiger charge is -2.06. The van der Waals surface area contributed by atoms with Gasteiger partial charge >= 0.3 is 0 Å². The SMILES string of the molecule is Cc1cccc(-c2cc(-c3ccc(CO)cc3)ncn2)c1. The highest BCUT2D eigenvalue weighted by Gasteiger charge is 2.04. The molecule has 0 saturated heterocycles. The predicted octanol–water partition coefficient (Wildman–Crippen LogP) is 3.61. The van der Waals surface area contributed by atoms with E-state index in [1.807, 2.05) is 42.5 Å². The van der Waals surface area contributed by atoms with Gasteiger partial charge in [-0.3, -0.25) is 0 Å². The largest absolute Gasteiger partial charge is 0.392 e. The highest BCUT2D eigenvalue weighted by molar-refractivity contribution is 5.67. The quantitative estimate of drug-likeness (QED) is 0.795. The second-order valence-electron chi connectivity index (χ2n) is 5.01. The first-order valence-corrected chi connectivity index (χ1v) is 6.85. The third-order valence-corrected chi connectivity index (χ3v) is 3.41. The van der Waals surface area contributed by atoms with E-state index in [2.05, 4.69) is 29.0 Å². The summed E-state index contributed by atoms with van der Waals surface area (Å²) in [6, 6.07) is 18.0. The number of hydrogen-bond acceptors (Lipinski definition) is 3. The molecule has 1 aromatic heterocycles. The van der Waals surface area contributed by atoms with Gasteiger partial charge in [-0.2, -0.15) is 0 Å². The first-order chi connectivity index (χ1) is 10.3. The van der Waals surface area contributed by atoms with Crippen LogP contribution in [0.15, 0.2) is 60.9 Å². The molecule has 3 rings (SSSR count). The van der Waals surface area contributed by atoms with Crippen molar-refractivity contribution in [1.29, 1.82) is 0 Å². The molecule has 1 N–H and O–H groups in total. The van der Waals surface area contributed by atoms with Gasteiger partial charge in [0.15, 0.2) is 0 Å². The van der Waals surface area contributed by atoms with Crippen LogP contribution in [0.25, 0.3) is 22.5 Å². The maximum Gasteiger partial charge on any atom is 0.116 e. The number of aliphatic hydroxyl groups is 1. The molecule has 0 aliphatic rings. The number of benzene rings is 2. The predicted molar refractivity (Wildman–Crippen MR) is 83.6 cm³/mol. The molecule has 21 heavy (non-hydrogen) atoms. The first kappa shape index (κ1) is 13.5. The summed E-state index contributed by atoms with van der Waals surface area (Å²) in [5.74, 6) is 0. The van der Waals surface area contributed by atoms with Gasteiger partial charge in [0.05, 0.1) is 18.0 Å². The molecule has 0 bridgehead atoms. The molecule has 104 valence electrons. The average Bonchev–Trinajstić information content (AvgIpc) is 2.55. The van der Waals surface area contributed by atoms with Crippen LogP contribution in [0.2, 0.25) is 0 Å². The summed E-state index contributed by atoms with van der Waals surface area (Å²) in [5, 5.41) is 9.09. The van der Waals surface area contributed by atoms with Crippen molar-refractivity contribution in [3.63, 3.8) is 0 Å². The fourth-order valence-corrected chi connectivity index (χ4v) is 2.26. The fraction of sp³-hybridized carbons (Fsp3) is 0.111. The molecule has 3 heteroatoms. The van der Waals surface area contributed by atoms with Crippen molar-refractivity contribution in [3.8, 4) is 22.5 Å². The Kier molecular flexibility index (Phi) is 3.75. The Morgan fingerprint density at radius 2 is 1.57 bits per heavy atom. The van der Waals surface area contributed by atoms with Crippen LogP contribution in [0.4, 0.5) is 0 Å². The molecule has 2 aromatic carbocycles. The van der Waals surface area contributed by atoms with Crippen molar-refractivity contribution >= 4 is 0 Å². The maximum absolute atomic E-state index is 9.09. The van der Waals surface area contributed by atoms with Gasteiger partial charge in [-0.05, 0) is 24.6 Å². The first-order valence-electron chi connectivity index (χ1n) is 6.85. The van der Waals surface area contributed by atoms with Gasteiger partial charge in [-0.25, -0.2) is 9.97 Å². The Bertz CT molecular complexity index is 751. The van der Waals surface area contributed by atoms with E-state index in [0.29, 0.717) is 0 Å². The van der Waals surface area contributed by atoms with Gasteiger partial charge in [0.1, 0.15) is 6.33 Å². The monoisotopic (exact) mass is 276 g/mol. The fourth-order valence-electron chi connectivity index (χ4n) is 2.26.